The van der Waals surface area contributed by atoms with E-state index >= 15 is 0 Å². The molecule has 0 radical (unpaired) electrons. The highest BCUT2D eigenvalue weighted by molar-refractivity contribution is 5.84. The zero-order valence-corrected chi connectivity index (χ0v) is 9.49. The van der Waals surface area contributed by atoms with Gasteiger partial charge in [0.05, 0.1) is 0 Å². The van der Waals surface area contributed by atoms with Crippen LogP contribution in [0.3, 0.4) is 0 Å². The molecule has 0 unspecified atom stereocenters. The van der Waals surface area contributed by atoms with Crippen LogP contribution in [0.25, 0.3) is 5.57 Å². The number of benzene rings is 1. The maximum absolute atomic E-state index is 11.5. The number of hydrogen-bond donors (Lipinski definition) is 1. The summed E-state index contributed by atoms with van der Waals surface area (Å²) in [5.41, 5.74) is 2.64. The predicted octanol–water partition coefficient (Wildman–Crippen LogP) is 3.11. The Morgan fingerprint density at radius 2 is 2.19 bits per heavy atom. The van der Waals surface area contributed by atoms with Gasteiger partial charge in [0.1, 0.15) is 11.5 Å². The third-order valence-corrected chi connectivity index (χ3v) is 2.31. The number of aromatic hydroxyl groups is 1. The predicted molar refractivity (Wildman–Crippen MR) is 66.3 cm³/mol. The fourth-order valence-electron chi connectivity index (χ4n) is 1.59. The van der Waals surface area contributed by atoms with Crippen LogP contribution < -0.4 is 0 Å². The molecule has 0 aliphatic heterocycles. The average Bonchev–Trinajstić information content (AvgIpc) is 2.17. The molecule has 1 aromatic carbocycles. The Bertz CT molecular complexity index is 430. The molecule has 0 fully saturated rings. The minimum Gasteiger partial charge on any atom is -0.508 e. The van der Waals surface area contributed by atoms with Crippen molar-refractivity contribution in [1.29, 1.82) is 0 Å². The molecule has 2 heteroatoms. The Kier molecular flexibility index (Phi) is 4.06. The van der Waals surface area contributed by atoms with Crippen LogP contribution in [0.5, 0.6) is 5.75 Å². The van der Waals surface area contributed by atoms with Gasteiger partial charge >= 0.3 is 0 Å². The molecule has 0 aliphatic carbocycles. The van der Waals surface area contributed by atoms with Gasteiger partial charge in [0.25, 0.3) is 0 Å². The molecule has 16 heavy (non-hydrogen) atoms. The first-order valence-electron chi connectivity index (χ1n) is 5.15. The van der Waals surface area contributed by atoms with Crippen LogP contribution in [0.2, 0.25) is 0 Å². The molecule has 0 heterocycles. The fraction of sp³-hybridized carbons (Fsp3) is 0.214. The van der Waals surface area contributed by atoms with Crippen LogP contribution in [-0.2, 0) is 11.2 Å². The van der Waals surface area contributed by atoms with E-state index in [2.05, 4.69) is 13.2 Å². The monoisotopic (exact) mass is 216 g/mol. The highest BCUT2D eigenvalue weighted by Crippen LogP contribution is 2.23. The molecule has 0 amide bonds. The van der Waals surface area contributed by atoms with Gasteiger partial charge in [0.2, 0.25) is 0 Å². The minimum atomic E-state index is 0.0862. The highest BCUT2D eigenvalue weighted by Gasteiger charge is 2.08. The van der Waals surface area contributed by atoms with Crippen molar-refractivity contribution in [1.82, 2.24) is 0 Å². The Morgan fingerprint density at radius 1 is 1.50 bits per heavy atom. The quantitative estimate of drug-likeness (QED) is 0.768. The van der Waals surface area contributed by atoms with Crippen molar-refractivity contribution in [3.8, 4) is 5.75 Å². The van der Waals surface area contributed by atoms with Gasteiger partial charge in [-0.3, -0.25) is 4.79 Å². The van der Waals surface area contributed by atoms with E-state index in [-0.39, 0.29) is 11.5 Å². The van der Waals surface area contributed by atoms with Crippen LogP contribution in [0.4, 0.5) is 0 Å². The topological polar surface area (TPSA) is 37.3 Å². The Morgan fingerprint density at radius 3 is 2.75 bits per heavy atom. The summed E-state index contributed by atoms with van der Waals surface area (Å²) in [5, 5.41) is 9.40. The third-order valence-electron chi connectivity index (χ3n) is 2.31. The summed E-state index contributed by atoms with van der Waals surface area (Å²) in [5.74, 6) is 0.259. The SMILES string of the molecule is C=CCC(=O)Cc1cc(O)ccc1C(=C)C. The van der Waals surface area contributed by atoms with Gasteiger partial charge < -0.3 is 5.11 Å². The van der Waals surface area contributed by atoms with Crippen LogP contribution in [-0.4, -0.2) is 10.9 Å². The molecule has 0 spiro atoms. The standard InChI is InChI=1S/C14H16O2/c1-4-5-12(15)8-11-9-13(16)6-7-14(11)10(2)3/h4,6-7,9,16H,1-2,5,8H2,3H3. The summed E-state index contributed by atoms with van der Waals surface area (Å²) < 4.78 is 0. The third kappa shape index (κ3) is 3.09. The lowest BCUT2D eigenvalue weighted by Crippen LogP contribution is -2.03. The summed E-state index contributed by atoms with van der Waals surface area (Å²) in [6.07, 6.45) is 2.25. The van der Waals surface area contributed by atoms with Crippen LogP contribution in [0.15, 0.2) is 37.4 Å². The van der Waals surface area contributed by atoms with Gasteiger partial charge in [0, 0.05) is 12.8 Å². The first kappa shape index (κ1) is 12.2. The van der Waals surface area contributed by atoms with Crippen molar-refractivity contribution in [2.75, 3.05) is 0 Å². The largest absolute Gasteiger partial charge is 0.508 e. The van der Waals surface area contributed by atoms with Crippen LogP contribution >= 0.6 is 0 Å². The minimum absolute atomic E-state index is 0.0862. The molecule has 1 N–H and O–H groups in total. The summed E-state index contributed by atoms with van der Waals surface area (Å²) in [4.78, 5) is 11.5. The van der Waals surface area contributed by atoms with Gasteiger partial charge in [-0.25, -0.2) is 0 Å². The van der Waals surface area contributed by atoms with Crippen molar-refractivity contribution in [2.45, 2.75) is 19.8 Å². The normalized spacial score (nSPS) is 9.81. The van der Waals surface area contributed by atoms with Gasteiger partial charge in [-0.2, -0.15) is 0 Å². The van der Waals surface area contributed by atoms with Crippen molar-refractivity contribution in [3.63, 3.8) is 0 Å². The van der Waals surface area contributed by atoms with E-state index in [1.54, 1.807) is 24.3 Å². The van der Waals surface area contributed by atoms with Gasteiger partial charge in [-0.05, 0) is 30.2 Å². The number of hydrogen-bond acceptors (Lipinski definition) is 2. The number of carbonyl (C=O) groups is 1. The smallest absolute Gasteiger partial charge is 0.141 e. The Labute approximate surface area is 95.9 Å². The first-order chi connectivity index (χ1) is 7.54. The average molecular weight is 216 g/mol. The second kappa shape index (κ2) is 5.31. The number of ketones is 1. The van der Waals surface area contributed by atoms with E-state index in [1.165, 1.54) is 0 Å². The molecular weight excluding hydrogens is 200 g/mol. The maximum Gasteiger partial charge on any atom is 0.141 e. The molecule has 2 nitrogen and oxygen atoms in total. The van der Waals surface area contributed by atoms with E-state index in [9.17, 15) is 9.90 Å². The van der Waals surface area contributed by atoms with Crippen molar-refractivity contribution < 1.29 is 9.90 Å². The number of allylic oxidation sites excluding steroid dienone is 2. The van der Waals surface area contributed by atoms with Crippen molar-refractivity contribution in [3.05, 3.63) is 48.6 Å². The molecule has 1 aromatic rings. The maximum atomic E-state index is 11.5. The lowest BCUT2D eigenvalue weighted by atomic mass is 9.97. The zero-order valence-electron chi connectivity index (χ0n) is 9.49. The Hall–Kier alpha value is -1.83. The van der Waals surface area contributed by atoms with Crippen LogP contribution in [0.1, 0.15) is 24.5 Å². The van der Waals surface area contributed by atoms with E-state index < -0.39 is 0 Å². The molecule has 84 valence electrons. The number of carbonyl (C=O) groups excluding carboxylic acids is 1. The van der Waals surface area contributed by atoms with Crippen LogP contribution in [0, 0.1) is 0 Å². The summed E-state index contributed by atoms with van der Waals surface area (Å²) in [6, 6.07) is 5.00. The molecule has 1 rings (SSSR count). The van der Waals surface area contributed by atoms with E-state index in [1.807, 2.05) is 6.92 Å². The molecular formula is C14H16O2. The lowest BCUT2D eigenvalue weighted by molar-refractivity contribution is -0.117. The number of Topliss-reactive ketones (excluding diaryl/α,β-unsaturated/α-hetero) is 1. The van der Waals surface area contributed by atoms with E-state index in [4.69, 9.17) is 0 Å². The summed E-state index contributed by atoms with van der Waals surface area (Å²) in [7, 11) is 0. The number of rotatable bonds is 5. The van der Waals surface area contributed by atoms with E-state index in [0.29, 0.717) is 12.8 Å². The first-order valence-corrected chi connectivity index (χ1v) is 5.15. The molecule has 0 aliphatic rings. The number of phenolic OH excluding ortho intramolecular Hbond substituents is 1. The number of phenols is 1. The summed E-state index contributed by atoms with van der Waals surface area (Å²) >= 11 is 0. The zero-order chi connectivity index (χ0) is 12.1. The van der Waals surface area contributed by atoms with Gasteiger partial charge in [0.15, 0.2) is 0 Å². The van der Waals surface area contributed by atoms with Gasteiger partial charge in [-0.1, -0.05) is 24.3 Å². The van der Waals surface area contributed by atoms with Gasteiger partial charge in [-0.15, -0.1) is 6.58 Å². The van der Waals surface area contributed by atoms with Crippen molar-refractivity contribution >= 4 is 11.4 Å². The van der Waals surface area contributed by atoms with E-state index in [0.717, 1.165) is 16.7 Å². The fourth-order valence-corrected chi connectivity index (χ4v) is 1.59. The molecule has 0 saturated carbocycles. The highest BCUT2D eigenvalue weighted by atomic mass is 16.3. The molecule has 0 aromatic heterocycles. The molecule has 0 bridgehead atoms. The lowest BCUT2D eigenvalue weighted by Gasteiger charge is -2.08. The second-order valence-electron chi connectivity index (χ2n) is 3.83. The molecule has 0 atom stereocenters. The second-order valence-corrected chi connectivity index (χ2v) is 3.83. The molecule has 0 saturated heterocycles. The Balaban J connectivity index is 3.00. The van der Waals surface area contributed by atoms with Crippen molar-refractivity contribution in [2.24, 2.45) is 0 Å². The summed E-state index contributed by atoms with van der Waals surface area (Å²) in [6.45, 7) is 9.27.